The van der Waals surface area contributed by atoms with Crippen molar-refractivity contribution in [3.63, 3.8) is 0 Å². The summed E-state index contributed by atoms with van der Waals surface area (Å²) < 4.78 is 5.44. The van der Waals surface area contributed by atoms with Gasteiger partial charge < -0.3 is 15.2 Å². The third kappa shape index (κ3) is 6.17. The minimum absolute atomic E-state index is 0.464. The number of hydrogen-bond acceptors (Lipinski definition) is 4. The molecule has 0 bridgehead atoms. The molecule has 0 radical (unpaired) electrons. The Morgan fingerprint density at radius 3 is 2.65 bits per heavy atom. The van der Waals surface area contributed by atoms with E-state index in [0.717, 1.165) is 55.5 Å². The SMILES string of the molecule is CCNC(=NCc1cc(C(CC)CC)no1)NCCc1ccc(C)nc1. The van der Waals surface area contributed by atoms with Gasteiger partial charge in [0.25, 0.3) is 0 Å². The number of guanidine groups is 1. The van der Waals surface area contributed by atoms with Gasteiger partial charge >= 0.3 is 0 Å². The first kappa shape index (κ1) is 19.9. The van der Waals surface area contributed by atoms with Gasteiger partial charge in [-0.05, 0) is 44.7 Å². The predicted molar refractivity (Wildman–Crippen MR) is 105 cm³/mol. The highest BCUT2D eigenvalue weighted by Gasteiger charge is 2.12. The third-order valence-electron chi connectivity index (χ3n) is 4.40. The summed E-state index contributed by atoms with van der Waals surface area (Å²) >= 11 is 0. The van der Waals surface area contributed by atoms with E-state index in [1.807, 2.05) is 25.3 Å². The lowest BCUT2D eigenvalue weighted by Crippen LogP contribution is -2.38. The molecule has 2 rings (SSSR count). The number of aliphatic imine (C=N–C) groups is 1. The van der Waals surface area contributed by atoms with Crippen molar-refractivity contribution in [3.05, 3.63) is 47.1 Å². The summed E-state index contributed by atoms with van der Waals surface area (Å²) in [5, 5.41) is 10.8. The molecule has 26 heavy (non-hydrogen) atoms. The first-order valence-electron chi connectivity index (χ1n) is 9.55. The maximum absolute atomic E-state index is 5.44. The number of aryl methyl sites for hydroxylation is 1. The maximum Gasteiger partial charge on any atom is 0.191 e. The summed E-state index contributed by atoms with van der Waals surface area (Å²) in [5.41, 5.74) is 3.28. The van der Waals surface area contributed by atoms with Crippen molar-refractivity contribution in [2.24, 2.45) is 4.99 Å². The second kappa shape index (κ2) is 10.6. The second-order valence-electron chi connectivity index (χ2n) is 6.41. The standard InChI is InChI=1S/C20H31N5O/c1-5-17(6-2)19-12-18(26-25-19)14-24-20(21-7-3)22-11-10-16-9-8-15(4)23-13-16/h8-9,12-13,17H,5-7,10-11,14H2,1-4H3,(H2,21,22,24). The number of pyridine rings is 1. The minimum Gasteiger partial charge on any atom is -0.359 e. The molecule has 0 saturated heterocycles. The molecule has 0 spiro atoms. The second-order valence-corrected chi connectivity index (χ2v) is 6.41. The predicted octanol–water partition coefficient (Wildman–Crippen LogP) is 3.58. The van der Waals surface area contributed by atoms with Crippen LogP contribution in [0.5, 0.6) is 0 Å². The van der Waals surface area contributed by atoms with E-state index < -0.39 is 0 Å². The van der Waals surface area contributed by atoms with E-state index in [1.165, 1.54) is 5.56 Å². The van der Waals surface area contributed by atoms with E-state index in [0.29, 0.717) is 12.5 Å². The Hall–Kier alpha value is -2.37. The fourth-order valence-corrected chi connectivity index (χ4v) is 2.77. The van der Waals surface area contributed by atoms with Crippen LogP contribution >= 0.6 is 0 Å². The van der Waals surface area contributed by atoms with Gasteiger partial charge in [0.05, 0.1) is 5.69 Å². The smallest absolute Gasteiger partial charge is 0.191 e. The first-order chi connectivity index (χ1) is 12.7. The molecular weight excluding hydrogens is 326 g/mol. The van der Waals surface area contributed by atoms with Crippen LogP contribution < -0.4 is 10.6 Å². The average Bonchev–Trinajstić information content (AvgIpc) is 3.11. The first-order valence-corrected chi connectivity index (χ1v) is 9.55. The number of aromatic nitrogens is 2. The topological polar surface area (TPSA) is 75.3 Å². The zero-order valence-electron chi connectivity index (χ0n) is 16.4. The summed E-state index contributed by atoms with van der Waals surface area (Å²) in [7, 11) is 0. The Kier molecular flexibility index (Phi) is 8.12. The fourth-order valence-electron chi connectivity index (χ4n) is 2.77. The van der Waals surface area contributed by atoms with Crippen molar-refractivity contribution in [1.29, 1.82) is 0 Å². The molecule has 0 fully saturated rings. The van der Waals surface area contributed by atoms with Crippen LogP contribution in [0.1, 0.15) is 62.2 Å². The van der Waals surface area contributed by atoms with Crippen molar-refractivity contribution in [1.82, 2.24) is 20.8 Å². The summed E-state index contributed by atoms with van der Waals surface area (Å²) in [6.45, 7) is 10.5. The average molecular weight is 358 g/mol. The lowest BCUT2D eigenvalue weighted by atomic mass is 9.99. The molecule has 0 unspecified atom stereocenters. The summed E-state index contributed by atoms with van der Waals surface area (Å²) in [5.74, 6) is 2.05. The van der Waals surface area contributed by atoms with Crippen molar-refractivity contribution >= 4 is 5.96 Å². The normalized spacial score (nSPS) is 11.8. The van der Waals surface area contributed by atoms with Gasteiger partial charge in [-0.25, -0.2) is 4.99 Å². The van der Waals surface area contributed by atoms with Crippen molar-refractivity contribution < 1.29 is 4.52 Å². The number of nitrogens with one attached hydrogen (secondary N) is 2. The molecule has 0 amide bonds. The third-order valence-corrected chi connectivity index (χ3v) is 4.40. The van der Waals surface area contributed by atoms with Gasteiger partial charge in [-0.15, -0.1) is 0 Å². The molecule has 2 aromatic heterocycles. The van der Waals surface area contributed by atoms with Crippen molar-refractivity contribution in [2.75, 3.05) is 13.1 Å². The number of rotatable bonds is 9. The van der Waals surface area contributed by atoms with Gasteiger partial charge in [0.1, 0.15) is 6.54 Å². The zero-order valence-corrected chi connectivity index (χ0v) is 16.4. The van der Waals surface area contributed by atoms with Gasteiger partial charge in [-0.1, -0.05) is 25.1 Å². The van der Waals surface area contributed by atoms with Crippen LogP contribution in [0.4, 0.5) is 0 Å². The van der Waals surface area contributed by atoms with Crippen LogP contribution in [0.15, 0.2) is 33.9 Å². The van der Waals surface area contributed by atoms with Gasteiger partial charge in [0.2, 0.25) is 0 Å². The molecule has 2 N–H and O–H groups in total. The molecule has 0 aromatic carbocycles. The highest BCUT2D eigenvalue weighted by Crippen LogP contribution is 2.22. The Morgan fingerprint density at radius 2 is 2.00 bits per heavy atom. The molecule has 142 valence electrons. The number of nitrogens with zero attached hydrogens (tertiary/aromatic N) is 3. The molecule has 2 aromatic rings. The van der Waals surface area contributed by atoms with E-state index in [9.17, 15) is 0 Å². The summed E-state index contributed by atoms with van der Waals surface area (Å²) in [6, 6.07) is 6.18. The molecule has 0 saturated carbocycles. The van der Waals surface area contributed by atoms with E-state index >= 15 is 0 Å². The quantitative estimate of drug-likeness (QED) is 0.530. The zero-order chi connectivity index (χ0) is 18.8. The Labute approximate surface area is 156 Å². The van der Waals surface area contributed by atoms with E-state index in [2.05, 4.69) is 52.6 Å². The van der Waals surface area contributed by atoms with E-state index in [4.69, 9.17) is 4.52 Å². The van der Waals surface area contributed by atoms with Crippen molar-refractivity contribution in [3.8, 4) is 0 Å². The van der Waals surface area contributed by atoms with E-state index in [-0.39, 0.29) is 0 Å². The van der Waals surface area contributed by atoms with Crippen LogP contribution in [-0.4, -0.2) is 29.2 Å². The molecule has 2 heterocycles. The van der Waals surface area contributed by atoms with Gasteiger partial charge in [0.15, 0.2) is 11.7 Å². The van der Waals surface area contributed by atoms with Crippen LogP contribution in [0.2, 0.25) is 0 Å². The molecule has 0 atom stereocenters. The highest BCUT2D eigenvalue weighted by atomic mass is 16.5. The summed E-state index contributed by atoms with van der Waals surface area (Å²) in [4.78, 5) is 8.93. The molecule has 0 aliphatic heterocycles. The summed E-state index contributed by atoms with van der Waals surface area (Å²) in [6.07, 6.45) is 4.97. The molecular formula is C20H31N5O. The maximum atomic E-state index is 5.44. The molecule has 6 heteroatoms. The van der Waals surface area contributed by atoms with Gasteiger partial charge in [-0.2, -0.15) is 0 Å². The van der Waals surface area contributed by atoms with Crippen LogP contribution in [-0.2, 0) is 13.0 Å². The van der Waals surface area contributed by atoms with Crippen LogP contribution in [0.3, 0.4) is 0 Å². The molecule has 6 nitrogen and oxygen atoms in total. The Balaban J connectivity index is 1.88. The van der Waals surface area contributed by atoms with Crippen LogP contribution in [0, 0.1) is 6.92 Å². The van der Waals surface area contributed by atoms with E-state index in [1.54, 1.807) is 0 Å². The van der Waals surface area contributed by atoms with Gasteiger partial charge in [0, 0.05) is 37.0 Å². The Bertz CT molecular complexity index is 674. The molecule has 0 aliphatic carbocycles. The molecule has 0 aliphatic rings. The minimum atomic E-state index is 0.464. The Morgan fingerprint density at radius 1 is 1.19 bits per heavy atom. The monoisotopic (exact) mass is 357 g/mol. The highest BCUT2D eigenvalue weighted by molar-refractivity contribution is 5.79. The lowest BCUT2D eigenvalue weighted by molar-refractivity contribution is 0.372. The fraction of sp³-hybridized carbons (Fsp3) is 0.550. The number of hydrogen-bond donors (Lipinski definition) is 2. The van der Waals surface area contributed by atoms with Crippen LogP contribution in [0.25, 0.3) is 0 Å². The van der Waals surface area contributed by atoms with Crippen molar-refractivity contribution in [2.45, 2.75) is 59.4 Å². The lowest BCUT2D eigenvalue weighted by Gasteiger charge is -2.10. The van der Waals surface area contributed by atoms with Gasteiger partial charge in [-0.3, -0.25) is 4.98 Å². The largest absolute Gasteiger partial charge is 0.359 e.